The van der Waals surface area contributed by atoms with Crippen molar-refractivity contribution in [2.75, 3.05) is 32.8 Å². The Morgan fingerprint density at radius 1 is 1.11 bits per heavy atom. The number of rotatable bonds is 6. The van der Waals surface area contributed by atoms with Gasteiger partial charge in [0, 0.05) is 39.4 Å². The summed E-state index contributed by atoms with van der Waals surface area (Å²) in [5.41, 5.74) is 2.83. The van der Waals surface area contributed by atoms with Gasteiger partial charge in [-0.05, 0) is 17.5 Å². The number of piperazine rings is 1. The lowest BCUT2D eigenvalue weighted by Crippen LogP contribution is -2.46. The highest BCUT2D eigenvalue weighted by Crippen LogP contribution is 2.06. The second-order valence-corrected chi connectivity index (χ2v) is 5.02. The van der Waals surface area contributed by atoms with Gasteiger partial charge in [-0.3, -0.25) is 4.90 Å². The van der Waals surface area contributed by atoms with E-state index < -0.39 is 0 Å². The molecule has 1 saturated heterocycles. The Labute approximate surface area is 111 Å². The highest BCUT2D eigenvalue weighted by molar-refractivity contribution is 5.22. The highest BCUT2D eigenvalue weighted by Gasteiger charge is 2.07. The molecule has 0 unspecified atom stereocenters. The molecule has 0 amide bonds. The van der Waals surface area contributed by atoms with Crippen LogP contribution in [0, 0.1) is 0 Å². The van der Waals surface area contributed by atoms with Crippen LogP contribution in [0.15, 0.2) is 24.3 Å². The van der Waals surface area contributed by atoms with E-state index in [1.165, 1.54) is 24.0 Å². The van der Waals surface area contributed by atoms with Gasteiger partial charge in [-0.1, -0.05) is 37.6 Å². The van der Waals surface area contributed by atoms with Crippen LogP contribution in [0.3, 0.4) is 0 Å². The number of benzene rings is 1. The molecule has 1 heterocycles. The molecule has 1 fully saturated rings. The molecule has 0 aliphatic carbocycles. The Bertz CT molecular complexity index is 328. The summed E-state index contributed by atoms with van der Waals surface area (Å²) in [6.07, 6.45) is 2.41. The molecule has 1 aliphatic rings. The number of hydrogen-bond donors (Lipinski definition) is 2. The summed E-state index contributed by atoms with van der Waals surface area (Å²) >= 11 is 0. The van der Waals surface area contributed by atoms with E-state index in [0.29, 0.717) is 0 Å². The fourth-order valence-corrected chi connectivity index (χ4v) is 2.34. The first-order valence-corrected chi connectivity index (χ1v) is 7.10. The van der Waals surface area contributed by atoms with E-state index in [1.807, 2.05) is 0 Å². The average Bonchev–Trinajstić information content (AvgIpc) is 2.42. The molecular weight excluding hydrogens is 222 g/mol. The van der Waals surface area contributed by atoms with Crippen LogP contribution in [-0.2, 0) is 13.0 Å². The van der Waals surface area contributed by atoms with Crippen LogP contribution in [-0.4, -0.2) is 37.7 Å². The van der Waals surface area contributed by atoms with Crippen LogP contribution < -0.4 is 10.6 Å². The molecule has 3 nitrogen and oxygen atoms in total. The van der Waals surface area contributed by atoms with Crippen molar-refractivity contribution in [2.45, 2.75) is 26.3 Å². The molecule has 0 saturated carbocycles. The van der Waals surface area contributed by atoms with Crippen molar-refractivity contribution in [2.24, 2.45) is 0 Å². The van der Waals surface area contributed by atoms with E-state index in [2.05, 4.69) is 46.7 Å². The fraction of sp³-hybridized carbons (Fsp3) is 0.600. The largest absolute Gasteiger partial charge is 0.314 e. The van der Waals surface area contributed by atoms with Gasteiger partial charge in [-0.25, -0.2) is 0 Å². The Kier molecular flexibility index (Phi) is 5.65. The highest BCUT2D eigenvalue weighted by atomic mass is 15.2. The standard InChI is InChI=1S/C15H25N3/c1-2-3-14-4-6-15(7-5-14)12-17-13-18-10-8-16-9-11-18/h4-7,16-17H,2-3,8-13H2,1H3. The van der Waals surface area contributed by atoms with Crippen molar-refractivity contribution in [3.05, 3.63) is 35.4 Å². The number of nitrogens with one attached hydrogen (secondary N) is 2. The normalized spacial score (nSPS) is 16.9. The van der Waals surface area contributed by atoms with Crippen LogP contribution in [0.2, 0.25) is 0 Å². The summed E-state index contributed by atoms with van der Waals surface area (Å²) in [4.78, 5) is 2.46. The molecule has 1 aromatic carbocycles. The predicted molar refractivity (Wildman–Crippen MR) is 76.6 cm³/mol. The average molecular weight is 247 g/mol. The van der Waals surface area contributed by atoms with E-state index in [1.54, 1.807) is 0 Å². The minimum Gasteiger partial charge on any atom is -0.314 e. The SMILES string of the molecule is CCCc1ccc(CNCN2CCNCC2)cc1. The minimum absolute atomic E-state index is 0.969. The van der Waals surface area contributed by atoms with Crippen LogP contribution in [0.4, 0.5) is 0 Å². The number of nitrogens with zero attached hydrogens (tertiary/aromatic N) is 1. The molecule has 2 N–H and O–H groups in total. The topological polar surface area (TPSA) is 27.3 Å². The van der Waals surface area contributed by atoms with Gasteiger partial charge in [0.2, 0.25) is 0 Å². The van der Waals surface area contributed by atoms with E-state index >= 15 is 0 Å². The zero-order valence-electron chi connectivity index (χ0n) is 11.4. The first-order chi connectivity index (χ1) is 8.88. The molecular formula is C15H25N3. The first-order valence-electron chi connectivity index (χ1n) is 7.10. The Balaban J connectivity index is 1.69. The van der Waals surface area contributed by atoms with E-state index in [9.17, 15) is 0 Å². The molecule has 18 heavy (non-hydrogen) atoms. The Morgan fingerprint density at radius 2 is 1.78 bits per heavy atom. The van der Waals surface area contributed by atoms with Crippen molar-refractivity contribution < 1.29 is 0 Å². The van der Waals surface area contributed by atoms with Crippen molar-refractivity contribution in [3.63, 3.8) is 0 Å². The van der Waals surface area contributed by atoms with Gasteiger partial charge in [-0.15, -0.1) is 0 Å². The smallest absolute Gasteiger partial charge is 0.0484 e. The van der Waals surface area contributed by atoms with Crippen molar-refractivity contribution in [3.8, 4) is 0 Å². The van der Waals surface area contributed by atoms with Crippen molar-refractivity contribution in [1.29, 1.82) is 0 Å². The maximum atomic E-state index is 3.52. The van der Waals surface area contributed by atoms with Gasteiger partial charge in [-0.2, -0.15) is 0 Å². The molecule has 0 radical (unpaired) electrons. The van der Waals surface area contributed by atoms with Gasteiger partial charge in [0.15, 0.2) is 0 Å². The lowest BCUT2D eigenvalue weighted by atomic mass is 10.1. The summed E-state index contributed by atoms with van der Waals surface area (Å²) in [6.45, 7) is 8.74. The summed E-state index contributed by atoms with van der Waals surface area (Å²) in [6, 6.07) is 9.00. The molecule has 2 rings (SSSR count). The molecule has 0 spiro atoms. The van der Waals surface area contributed by atoms with Crippen LogP contribution in [0.25, 0.3) is 0 Å². The lowest BCUT2D eigenvalue weighted by molar-refractivity contribution is 0.223. The second-order valence-electron chi connectivity index (χ2n) is 5.02. The predicted octanol–water partition coefficient (Wildman–Crippen LogP) is 1.59. The summed E-state index contributed by atoms with van der Waals surface area (Å²) in [5.74, 6) is 0. The van der Waals surface area contributed by atoms with Gasteiger partial charge in [0.05, 0.1) is 0 Å². The third kappa shape index (κ3) is 4.41. The molecule has 100 valence electrons. The first kappa shape index (κ1) is 13.5. The quantitative estimate of drug-likeness (QED) is 0.799. The monoisotopic (exact) mass is 247 g/mol. The zero-order chi connectivity index (χ0) is 12.6. The van der Waals surface area contributed by atoms with Crippen LogP contribution >= 0.6 is 0 Å². The van der Waals surface area contributed by atoms with E-state index in [4.69, 9.17) is 0 Å². The summed E-state index contributed by atoms with van der Waals surface area (Å²) in [5, 5.41) is 6.89. The molecule has 0 bridgehead atoms. The van der Waals surface area contributed by atoms with E-state index in [-0.39, 0.29) is 0 Å². The number of aryl methyl sites for hydroxylation is 1. The third-order valence-electron chi connectivity index (χ3n) is 3.44. The maximum absolute atomic E-state index is 3.52. The molecule has 1 aromatic rings. The third-order valence-corrected chi connectivity index (χ3v) is 3.44. The number of hydrogen-bond acceptors (Lipinski definition) is 3. The van der Waals surface area contributed by atoms with E-state index in [0.717, 1.165) is 39.4 Å². The lowest BCUT2D eigenvalue weighted by Gasteiger charge is -2.27. The molecule has 3 heteroatoms. The minimum atomic E-state index is 0.969. The zero-order valence-corrected chi connectivity index (χ0v) is 11.4. The Morgan fingerprint density at radius 3 is 2.44 bits per heavy atom. The summed E-state index contributed by atoms with van der Waals surface area (Å²) in [7, 11) is 0. The Hall–Kier alpha value is -0.900. The van der Waals surface area contributed by atoms with Gasteiger partial charge in [0.1, 0.15) is 0 Å². The van der Waals surface area contributed by atoms with Gasteiger partial charge in [0.25, 0.3) is 0 Å². The summed E-state index contributed by atoms with van der Waals surface area (Å²) < 4.78 is 0. The molecule has 1 aliphatic heterocycles. The maximum Gasteiger partial charge on any atom is 0.0484 e. The van der Waals surface area contributed by atoms with Crippen molar-refractivity contribution >= 4 is 0 Å². The molecule has 0 aromatic heterocycles. The molecule has 0 atom stereocenters. The van der Waals surface area contributed by atoms with Gasteiger partial charge >= 0.3 is 0 Å². The fourth-order valence-electron chi connectivity index (χ4n) is 2.34. The van der Waals surface area contributed by atoms with Crippen LogP contribution in [0.5, 0.6) is 0 Å². The van der Waals surface area contributed by atoms with Crippen LogP contribution in [0.1, 0.15) is 24.5 Å². The van der Waals surface area contributed by atoms with Crippen molar-refractivity contribution in [1.82, 2.24) is 15.5 Å². The van der Waals surface area contributed by atoms with Gasteiger partial charge < -0.3 is 10.6 Å². The second kappa shape index (κ2) is 7.52.